The Morgan fingerprint density at radius 3 is 2.10 bits per heavy atom. The second kappa shape index (κ2) is 9.19. The van der Waals surface area contributed by atoms with Gasteiger partial charge in [-0.25, -0.2) is 4.98 Å². The number of aryl methyl sites for hydroxylation is 1. The molecule has 0 saturated heterocycles. The number of nitrogens with zero attached hydrogens (tertiary/aromatic N) is 1. The van der Waals surface area contributed by atoms with Gasteiger partial charge in [0.1, 0.15) is 15.7 Å². The average molecular weight is 541 g/mol. The second-order valence-corrected chi connectivity index (χ2v) is 7.10. The van der Waals surface area contributed by atoms with Crippen molar-refractivity contribution >= 4 is 28.9 Å². The Morgan fingerprint density at radius 1 is 0.967 bits per heavy atom. The maximum atomic E-state index is 12.8. The summed E-state index contributed by atoms with van der Waals surface area (Å²) in [4.78, 5) is 14.2. The third kappa shape index (κ3) is 5.83. The van der Waals surface area contributed by atoms with Crippen molar-refractivity contribution < 1.29 is 35.6 Å². The quantitative estimate of drug-likeness (QED) is 0.198. The molecule has 0 N–H and O–H groups in total. The minimum absolute atomic E-state index is 0.0322. The van der Waals surface area contributed by atoms with Crippen molar-refractivity contribution in [1.82, 2.24) is 4.98 Å². The molecule has 1 aromatic heterocycles. The highest BCUT2D eigenvalue weighted by atomic mass is 127. The van der Waals surface area contributed by atoms with E-state index in [1.165, 1.54) is 25.1 Å². The molecule has 0 radical (unpaired) electrons. The lowest BCUT2D eigenvalue weighted by atomic mass is 10.0. The molecule has 1 heterocycles. The van der Waals surface area contributed by atoms with Crippen LogP contribution in [0.25, 0.3) is 11.5 Å². The predicted molar refractivity (Wildman–Crippen MR) is 106 cm³/mol. The Morgan fingerprint density at radius 2 is 1.60 bits per heavy atom. The molecular formula is C20H14F6INO2. The van der Waals surface area contributed by atoms with Crippen LogP contribution in [0.2, 0.25) is 0 Å². The van der Waals surface area contributed by atoms with Crippen LogP contribution >= 0.6 is 22.6 Å². The van der Waals surface area contributed by atoms with Crippen molar-refractivity contribution in [2.45, 2.75) is 26.2 Å². The molecule has 3 rings (SSSR count). The number of alkyl halides is 6. The molecular weight excluding hydrogens is 527 g/mol. The van der Waals surface area contributed by atoms with Gasteiger partial charge in [0.15, 0.2) is 0 Å². The monoisotopic (exact) mass is 541 g/mol. The molecule has 0 amide bonds. The zero-order valence-electron chi connectivity index (χ0n) is 15.5. The molecule has 0 spiro atoms. The Hall–Kier alpha value is -2.37. The molecule has 0 unspecified atom stereocenters. The molecule has 10 heteroatoms. The van der Waals surface area contributed by atoms with E-state index in [9.17, 15) is 31.1 Å². The summed E-state index contributed by atoms with van der Waals surface area (Å²) in [5.74, 6) is 0.822. The number of carbonyl (C=O) groups is 1. The summed E-state index contributed by atoms with van der Waals surface area (Å²) in [6, 6.07) is 8.25. The lowest BCUT2D eigenvalue weighted by Crippen LogP contribution is -2.08. The molecule has 0 aliphatic rings. The first-order valence-corrected chi connectivity index (χ1v) is 9.35. The van der Waals surface area contributed by atoms with Crippen molar-refractivity contribution in [3.63, 3.8) is 0 Å². The lowest BCUT2D eigenvalue weighted by molar-refractivity contribution is -0.138. The van der Waals surface area contributed by atoms with Crippen LogP contribution in [0, 0.1) is 17.5 Å². The van der Waals surface area contributed by atoms with E-state index in [-0.39, 0.29) is 17.0 Å². The van der Waals surface area contributed by atoms with Crippen LogP contribution in [-0.4, -0.2) is 11.3 Å². The van der Waals surface area contributed by atoms with E-state index in [1.807, 2.05) is 22.6 Å². The summed E-state index contributed by atoms with van der Waals surface area (Å²) in [6.45, 7) is 3.14. The van der Waals surface area contributed by atoms with Gasteiger partial charge in [0, 0.05) is 11.1 Å². The van der Waals surface area contributed by atoms with Crippen LogP contribution in [-0.2, 0) is 12.4 Å². The summed E-state index contributed by atoms with van der Waals surface area (Å²) in [5.41, 5.74) is -0.929. The fourth-order valence-corrected chi connectivity index (χ4v) is 2.78. The zero-order chi connectivity index (χ0) is 22.7. The van der Waals surface area contributed by atoms with E-state index in [0.717, 1.165) is 18.2 Å². The van der Waals surface area contributed by atoms with Crippen LogP contribution in [0.4, 0.5) is 26.3 Å². The fourth-order valence-electron chi connectivity index (χ4n) is 2.46. The zero-order valence-corrected chi connectivity index (χ0v) is 17.7. The predicted octanol–water partition coefficient (Wildman–Crippen LogP) is 7.10. The highest BCUT2D eigenvalue weighted by molar-refractivity contribution is 14.1. The summed E-state index contributed by atoms with van der Waals surface area (Å²) in [6.07, 6.45) is -8.36. The maximum Gasteiger partial charge on any atom is 0.416 e. The van der Waals surface area contributed by atoms with Gasteiger partial charge in [0.05, 0.1) is 11.1 Å². The van der Waals surface area contributed by atoms with Gasteiger partial charge in [0.2, 0.25) is 5.89 Å². The van der Waals surface area contributed by atoms with Crippen LogP contribution in [0.5, 0.6) is 0 Å². The Bertz CT molecular complexity index is 1020. The molecule has 0 fully saturated rings. The first kappa shape index (κ1) is 23.9. The molecule has 3 aromatic rings. The number of rotatable bonds is 2. The topological polar surface area (TPSA) is 43.1 Å². The van der Waals surface area contributed by atoms with E-state index in [4.69, 9.17) is 4.42 Å². The van der Waals surface area contributed by atoms with E-state index < -0.39 is 23.5 Å². The number of aldehydes is 1. The first-order chi connectivity index (χ1) is 13.8. The molecule has 3 nitrogen and oxygen atoms in total. The fraction of sp³-hybridized carbons (Fsp3) is 0.200. The molecule has 0 bridgehead atoms. The molecule has 0 aliphatic heterocycles. The molecule has 0 aliphatic carbocycles. The minimum atomic E-state index is -4.38. The van der Waals surface area contributed by atoms with Crippen molar-refractivity contribution in [2.24, 2.45) is 0 Å². The first-order valence-electron chi connectivity index (χ1n) is 8.27. The molecule has 30 heavy (non-hydrogen) atoms. The standard InChI is InChI=1S/C12H9F3INO.C8H5F3O/c1-6-8(11-17-10(16)7(2)18-11)4-3-5-9(6)12(13,14)15;9-8(10,11)7-3-1-2-6(4-7)5-12/h3-5H,1-2H3;1-5H. The van der Waals surface area contributed by atoms with Crippen LogP contribution in [0.1, 0.15) is 32.8 Å². The number of aromatic nitrogens is 1. The van der Waals surface area contributed by atoms with Gasteiger partial charge in [0.25, 0.3) is 0 Å². The Kier molecular flexibility index (Phi) is 7.32. The Balaban J connectivity index is 0.000000232. The number of halogens is 7. The van der Waals surface area contributed by atoms with E-state index in [1.54, 1.807) is 13.0 Å². The number of hydrogen-bond donors (Lipinski definition) is 0. The summed E-state index contributed by atoms with van der Waals surface area (Å²) in [7, 11) is 0. The molecule has 160 valence electrons. The smallest absolute Gasteiger partial charge is 0.416 e. The van der Waals surface area contributed by atoms with Crippen molar-refractivity contribution in [1.29, 1.82) is 0 Å². The van der Waals surface area contributed by atoms with E-state index in [0.29, 0.717) is 21.3 Å². The van der Waals surface area contributed by atoms with Gasteiger partial charge in [-0.1, -0.05) is 18.2 Å². The van der Waals surface area contributed by atoms with Gasteiger partial charge in [-0.2, -0.15) is 26.3 Å². The maximum absolute atomic E-state index is 12.8. The number of benzene rings is 2. The number of oxazole rings is 1. The van der Waals surface area contributed by atoms with Gasteiger partial charge >= 0.3 is 12.4 Å². The van der Waals surface area contributed by atoms with Crippen LogP contribution in [0.15, 0.2) is 46.9 Å². The van der Waals surface area contributed by atoms with Gasteiger partial charge in [-0.3, -0.25) is 4.79 Å². The SMILES string of the molecule is Cc1oc(-c2cccc(C(F)(F)F)c2C)nc1I.O=Cc1cccc(C(F)(F)F)c1. The van der Waals surface area contributed by atoms with Crippen molar-refractivity contribution in [3.05, 3.63) is 74.2 Å². The lowest BCUT2D eigenvalue weighted by Gasteiger charge is -2.11. The summed E-state index contributed by atoms with van der Waals surface area (Å²) < 4.78 is 80.3. The van der Waals surface area contributed by atoms with E-state index >= 15 is 0 Å². The third-order valence-electron chi connectivity index (χ3n) is 3.96. The van der Waals surface area contributed by atoms with Gasteiger partial charge < -0.3 is 4.42 Å². The van der Waals surface area contributed by atoms with Gasteiger partial charge in [-0.15, -0.1) is 0 Å². The second-order valence-electron chi connectivity index (χ2n) is 6.08. The number of carbonyl (C=O) groups excluding carboxylic acids is 1. The summed E-state index contributed by atoms with van der Waals surface area (Å²) >= 11 is 1.98. The highest BCUT2D eigenvalue weighted by Crippen LogP contribution is 2.36. The van der Waals surface area contributed by atoms with Crippen LogP contribution < -0.4 is 0 Å². The van der Waals surface area contributed by atoms with Gasteiger partial charge in [-0.05, 0) is 66.3 Å². The van der Waals surface area contributed by atoms with E-state index in [2.05, 4.69) is 4.98 Å². The highest BCUT2D eigenvalue weighted by Gasteiger charge is 2.33. The normalized spacial score (nSPS) is 11.6. The third-order valence-corrected chi connectivity index (χ3v) is 4.96. The largest absolute Gasteiger partial charge is 0.440 e. The minimum Gasteiger partial charge on any atom is -0.440 e. The average Bonchev–Trinajstić information content (AvgIpc) is 2.99. The summed E-state index contributed by atoms with van der Waals surface area (Å²) in [5, 5.41) is 0. The molecule has 0 atom stereocenters. The molecule has 2 aromatic carbocycles. The number of hydrogen-bond acceptors (Lipinski definition) is 3. The van der Waals surface area contributed by atoms with Crippen molar-refractivity contribution in [2.75, 3.05) is 0 Å². The van der Waals surface area contributed by atoms with Crippen molar-refractivity contribution in [3.8, 4) is 11.5 Å². The molecule has 0 saturated carbocycles. The Labute approximate surface area is 181 Å². The van der Waals surface area contributed by atoms with Crippen LogP contribution in [0.3, 0.4) is 0 Å².